The van der Waals surface area contributed by atoms with Crippen molar-refractivity contribution in [2.45, 2.75) is 26.8 Å². The fraction of sp³-hybridized carbons (Fsp3) is 0.308. The quantitative estimate of drug-likeness (QED) is 0.681. The summed E-state index contributed by atoms with van der Waals surface area (Å²) in [5.41, 5.74) is -0.0566. The first kappa shape index (κ1) is 15.3. The minimum atomic E-state index is -1.19. The largest absolute Gasteiger partial charge is 0.375 e. The molecule has 0 saturated carbocycles. The van der Waals surface area contributed by atoms with E-state index in [9.17, 15) is 18.9 Å². The lowest BCUT2D eigenvalue weighted by Gasteiger charge is -2.15. The molecule has 0 amide bonds. The van der Waals surface area contributed by atoms with Gasteiger partial charge in [0.25, 0.3) is 0 Å². The van der Waals surface area contributed by atoms with Gasteiger partial charge in [-0.1, -0.05) is 0 Å². The van der Waals surface area contributed by atoms with Crippen LogP contribution in [0.2, 0.25) is 0 Å². The Morgan fingerprint density at radius 1 is 1.33 bits per heavy atom. The van der Waals surface area contributed by atoms with Crippen LogP contribution in [0.1, 0.15) is 28.5 Å². The number of halogens is 2. The lowest BCUT2D eigenvalue weighted by Crippen LogP contribution is -2.09. The Balaban J connectivity index is 2.33. The van der Waals surface area contributed by atoms with Crippen molar-refractivity contribution in [1.29, 1.82) is 0 Å². The van der Waals surface area contributed by atoms with E-state index in [-0.39, 0.29) is 11.7 Å². The molecule has 0 bridgehead atoms. The summed E-state index contributed by atoms with van der Waals surface area (Å²) >= 11 is 1.46. The zero-order valence-electron chi connectivity index (χ0n) is 11.6. The van der Waals surface area contributed by atoms with Gasteiger partial charge in [-0.15, -0.1) is 11.3 Å². The van der Waals surface area contributed by atoms with Crippen molar-refractivity contribution in [2.75, 3.05) is 5.32 Å². The molecule has 0 radical (unpaired) electrons. The minimum Gasteiger partial charge on any atom is -0.375 e. The van der Waals surface area contributed by atoms with Crippen molar-refractivity contribution in [3.63, 3.8) is 0 Å². The summed E-state index contributed by atoms with van der Waals surface area (Å²) in [6, 6.07) is 1.08. The molecule has 112 valence electrons. The van der Waals surface area contributed by atoms with Gasteiger partial charge in [0, 0.05) is 17.0 Å². The molecule has 0 aliphatic rings. The number of nitrogens with zero attached hydrogens (tertiary/aromatic N) is 2. The molecule has 2 rings (SSSR count). The Labute approximate surface area is 123 Å². The van der Waals surface area contributed by atoms with Gasteiger partial charge in [0.1, 0.15) is 5.82 Å². The number of aromatic nitrogens is 1. The van der Waals surface area contributed by atoms with Gasteiger partial charge in [-0.05, 0) is 20.8 Å². The van der Waals surface area contributed by atoms with E-state index >= 15 is 0 Å². The highest BCUT2D eigenvalue weighted by atomic mass is 32.1. The molecule has 8 heteroatoms. The average Bonchev–Trinajstić information content (AvgIpc) is 2.71. The first-order chi connectivity index (χ1) is 9.79. The van der Waals surface area contributed by atoms with Crippen LogP contribution in [0.4, 0.5) is 20.2 Å². The zero-order valence-corrected chi connectivity index (χ0v) is 12.4. The lowest BCUT2D eigenvalue weighted by atomic mass is 10.2. The van der Waals surface area contributed by atoms with Gasteiger partial charge in [-0.25, -0.2) is 9.37 Å². The third kappa shape index (κ3) is 3.15. The topological polar surface area (TPSA) is 68.1 Å². The summed E-state index contributed by atoms with van der Waals surface area (Å²) in [6.45, 7) is 5.48. The second-order valence-corrected chi connectivity index (χ2v) is 5.82. The van der Waals surface area contributed by atoms with Gasteiger partial charge in [0.2, 0.25) is 5.82 Å². The highest BCUT2D eigenvalue weighted by Gasteiger charge is 2.21. The van der Waals surface area contributed by atoms with Gasteiger partial charge >= 0.3 is 5.69 Å². The monoisotopic (exact) mass is 313 g/mol. The summed E-state index contributed by atoms with van der Waals surface area (Å²) in [6.07, 6.45) is 0. The van der Waals surface area contributed by atoms with Crippen LogP contribution < -0.4 is 5.32 Å². The van der Waals surface area contributed by atoms with Gasteiger partial charge in [0.05, 0.1) is 27.4 Å². The van der Waals surface area contributed by atoms with E-state index in [0.717, 1.165) is 21.6 Å². The third-order valence-electron chi connectivity index (χ3n) is 2.94. The molecule has 5 nitrogen and oxygen atoms in total. The number of benzene rings is 1. The fourth-order valence-electron chi connectivity index (χ4n) is 2.04. The molecule has 0 aliphatic carbocycles. The van der Waals surface area contributed by atoms with Gasteiger partial charge in [0.15, 0.2) is 0 Å². The van der Waals surface area contributed by atoms with E-state index in [2.05, 4.69) is 10.3 Å². The Kier molecular flexibility index (Phi) is 4.17. The van der Waals surface area contributed by atoms with Crippen LogP contribution in [0.3, 0.4) is 0 Å². The molecule has 1 aromatic carbocycles. The van der Waals surface area contributed by atoms with Crippen molar-refractivity contribution >= 4 is 22.7 Å². The molecular formula is C13H13F2N3O2S. The summed E-state index contributed by atoms with van der Waals surface area (Å²) in [7, 11) is 0. The van der Waals surface area contributed by atoms with Gasteiger partial charge < -0.3 is 5.32 Å². The maximum atomic E-state index is 13.7. The number of thiazole rings is 1. The van der Waals surface area contributed by atoms with Crippen molar-refractivity contribution in [3.8, 4) is 0 Å². The Morgan fingerprint density at radius 2 is 2.00 bits per heavy atom. The summed E-state index contributed by atoms with van der Waals surface area (Å²) in [5, 5.41) is 14.4. The second-order valence-electron chi connectivity index (χ2n) is 4.59. The Morgan fingerprint density at radius 3 is 2.52 bits per heavy atom. The number of hydrogen-bond donors (Lipinski definition) is 1. The number of anilines is 1. The number of hydrogen-bond acceptors (Lipinski definition) is 5. The standard InChI is InChI=1S/C13H13F2N3O2S/c1-6-13(21-8(3)16-6)7(2)17-11-5-12(18(19)20)10(15)4-9(11)14/h4-5,7,17H,1-3H3. The second kappa shape index (κ2) is 5.72. The minimum absolute atomic E-state index is 0.110. The van der Waals surface area contributed by atoms with Gasteiger partial charge in [-0.3, -0.25) is 10.1 Å². The molecule has 0 saturated heterocycles. The molecule has 1 heterocycles. The first-order valence-corrected chi connectivity index (χ1v) is 6.95. The maximum Gasteiger partial charge on any atom is 0.307 e. The number of nitrogens with one attached hydrogen (secondary N) is 1. The predicted octanol–water partition coefficient (Wildman–Crippen LogP) is 4.12. The van der Waals surface area contributed by atoms with Crippen LogP contribution in [-0.2, 0) is 0 Å². The number of aryl methyl sites for hydroxylation is 2. The fourth-order valence-corrected chi connectivity index (χ4v) is 2.97. The zero-order chi connectivity index (χ0) is 15.7. The van der Waals surface area contributed by atoms with Crippen molar-refractivity contribution in [1.82, 2.24) is 4.98 Å². The van der Waals surface area contributed by atoms with E-state index in [1.54, 1.807) is 6.92 Å². The molecule has 2 aromatic rings. The van der Waals surface area contributed by atoms with Crippen LogP contribution in [0, 0.1) is 35.6 Å². The van der Waals surface area contributed by atoms with Crippen LogP contribution in [0.5, 0.6) is 0 Å². The Hall–Kier alpha value is -2.09. The van der Waals surface area contributed by atoms with Crippen molar-refractivity contribution < 1.29 is 13.7 Å². The van der Waals surface area contributed by atoms with Crippen molar-refractivity contribution in [2.24, 2.45) is 0 Å². The first-order valence-electron chi connectivity index (χ1n) is 6.13. The molecule has 21 heavy (non-hydrogen) atoms. The average molecular weight is 313 g/mol. The summed E-state index contributed by atoms with van der Waals surface area (Å²) in [5.74, 6) is -2.07. The normalized spacial score (nSPS) is 12.2. The summed E-state index contributed by atoms with van der Waals surface area (Å²) < 4.78 is 27.0. The van der Waals surface area contributed by atoms with E-state index in [0.29, 0.717) is 6.07 Å². The molecule has 0 aliphatic heterocycles. The molecular weight excluding hydrogens is 300 g/mol. The number of nitro benzene ring substituents is 1. The molecule has 0 spiro atoms. The molecule has 0 fully saturated rings. The maximum absolute atomic E-state index is 13.7. The van der Waals surface area contributed by atoms with E-state index < -0.39 is 22.2 Å². The molecule has 1 N–H and O–H groups in total. The number of nitro groups is 1. The lowest BCUT2D eigenvalue weighted by molar-refractivity contribution is -0.387. The summed E-state index contributed by atoms with van der Waals surface area (Å²) in [4.78, 5) is 15.0. The third-order valence-corrected chi connectivity index (χ3v) is 4.19. The van der Waals surface area contributed by atoms with E-state index in [1.807, 2.05) is 13.8 Å². The van der Waals surface area contributed by atoms with Gasteiger partial charge in [-0.2, -0.15) is 4.39 Å². The highest BCUT2D eigenvalue weighted by Crippen LogP contribution is 2.31. The molecule has 1 aromatic heterocycles. The number of rotatable bonds is 4. The predicted molar refractivity (Wildman–Crippen MR) is 76.6 cm³/mol. The smallest absolute Gasteiger partial charge is 0.307 e. The molecule has 1 unspecified atom stereocenters. The SMILES string of the molecule is Cc1nc(C)c(C(C)Nc2cc([N+](=O)[O-])c(F)cc2F)s1. The van der Waals surface area contributed by atoms with Crippen molar-refractivity contribution in [3.05, 3.63) is 49.5 Å². The van der Waals surface area contributed by atoms with Crippen LogP contribution in [-0.4, -0.2) is 9.91 Å². The van der Waals surface area contributed by atoms with E-state index in [4.69, 9.17) is 0 Å². The highest BCUT2D eigenvalue weighted by molar-refractivity contribution is 7.11. The molecule has 1 atom stereocenters. The van der Waals surface area contributed by atoms with Crippen LogP contribution in [0.15, 0.2) is 12.1 Å². The van der Waals surface area contributed by atoms with Crippen LogP contribution >= 0.6 is 11.3 Å². The Bertz CT molecular complexity index is 703. The van der Waals surface area contributed by atoms with Crippen LogP contribution in [0.25, 0.3) is 0 Å². The van der Waals surface area contributed by atoms with E-state index in [1.165, 1.54) is 11.3 Å².